The van der Waals surface area contributed by atoms with Crippen LogP contribution in [0.4, 0.5) is 8.78 Å². The molecule has 0 aromatic carbocycles. The Morgan fingerprint density at radius 3 is 2.59 bits per heavy atom. The number of carbonyl (C=O) groups excluding carboxylic acids is 2. The number of allylic oxidation sites excluding steroid dienone is 4. The smallest absolute Gasteiger partial charge is 0.190 e. The molecule has 0 amide bonds. The van der Waals surface area contributed by atoms with Crippen LogP contribution < -0.4 is 0 Å². The molecule has 0 radical (unpaired) electrons. The molecule has 2 unspecified atom stereocenters. The van der Waals surface area contributed by atoms with E-state index in [2.05, 4.69) is 0 Å². The second-order valence-corrected chi connectivity index (χ2v) is 9.87. The molecule has 0 heterocycles. The Kier molecular flexibility index (Phi) is 4.34. The first-order chi connectivity index (χ1) is 13.4. The highest BCUT2D eigenvalue weighted by Gasteiger charge is 2.75. The third kappa shape index (κ3) is 2.19. The molecule has 4 aliphatic carbocycles. The quantitative estimate of drug-likeness (QED) is 0.649. The third-order valence-corrected chi connectivity index (χ3v) is 8.81. The van der Waals surface area contributed by atoms with Gasteiger partial charge in [0.15, 0.2) is 17.2 Å². The molecule has 0 aliphatic heterocycles. The summed E-state index contributed by atoms with van der Waals surface area (Å²) in [5.41, 5.74) is -6.74. The SMILES string of the molecule is C[C@@H]1CC2C3CC(F)=C4CC(=O)C=C[C@]4(C)[C@@]3(F)[C@@H](O)C[C@]2(C)[C@@]1(O)C(=O)CO. The number of alkyl halides is 1. The highest BCUT2D eigenvalue weighted by molar-refractivity contribution is 5.94. The molecular weight excluding hydrogens is 382 g/mol. The molecule has 0 spiro atoms. The molecule has 4 rings (SSSR count). The number of rotatable bonds is 2. The Hall–Kier alpha value is -1.44. The molecule has 0 bridgehead atoms. The summed E-state index contributed by atoms with van der Waals surface area (Å²) in [6.07, 6.45) is 0.653. The molecule has 29 heavy (non-hydrogen) atoms. The Balaban J connectivity index is 1.89. The maximum Gasteiger partial charge on any atom is 0.190 e. The van der Waals surface area contributed by atoms with E-state index in [1.54, 1.807) is 13.8 Å². The summed E-state index contributed by atoms with van der Waals surface area (Å²) in [5.74, 6) is -3.71. The lowest BCUT2D eigenvalue weighted by molar-refractivity contribution is -0.217. The van der Waals surface area contributed by atoms with Gasteiger partial charge in [-0.3, -0.25) is 9.59 Å². The third-order valence-electron chi connectivity index (χ3n) is 8.81. The van der Waals surface area contributed by atoms with Gasteiger partial charge in [-0.2, -0.15) is 0 Å². The fourth-order valence-corrected chi connectivity index (χ4v) is 7.23. The van der Waals surface area contributed by atoms with Crippen LogP contribution in [0.3, 0.4) is 0 Å². The van der Waals surface area contributed by atoms with E-state index in [0.29, 0.717) is 0 Å². The molecule has 160 valence electrons. The lowest BCUT2D eigenvalue weighted by atomic mass is 9.45. The minimum absolute atomic E-state index is 0.0825. The zero-order valence-electron chi connectivity index (χ0n) is 16.9. The van der Waals surface area contributed by atoms with Crippen molar-refractivity contribution in [3.63, 3.8) is 0 Å². The molecule has 5 nitrogen and oxygen atoms in total. The van der Waals surface area contributed by atoms with E-state index in [4.69, 9.17) is 0 Å². The summed E-state index contributed by atoms with van der Waals surface area (Å²) in [5, 5.41) is 31.9. The second kappa shape index (κ2) is 6.05. The summed E-state index contributed by atoms with van der Waals surface area (Å²) in [7, 11) is 0. The summed E-state index contributed by atoms with van der Waals surface area (Å²) < 4.78 is 32.1. The van der Waals surface area contributed by atoms with Crippen molar-refractivity contribution < 1.29 is 33.7 Å². The van der Waals surface area contributed by atoms with Crippen molar-refractivity contribution in [3.05, 3.63) is 23.6 Å². The first kappa shape index (κ1) is 20.8. The van der Waals surface area contributed by atoms with E-state index in [-0.39, 0.29) is 37.0 Å². The number of aliphatic hydroxyl groups excluding tert-OH is 2. The highest BCUT2D eigenvalue weighted by Crippen LogP contribution is 2.71. The number of halogens is 2. The van der Waals surface area contributed by atoms with Gasteiger partial charge >= 0.3 is 0 Å². The van der Waals surface area contributed by atoms with Gasteiger partial charge in [0.25, 0.3) is 0 Å². The molecule has 4 aliphatic rings. The Bertz CT molecular complexity index is 852. The van der Waals surface area contributed by atoms with Gasteiger partial charge in [-0.15, -0.1) is 0 Å². The van der Waals surface area contributed by atoms with Crippen LogP contribution in [-0.2, 0) is 9.59 Å². The normalized spacial score (nSPS) is 51.5. The average Bonchev–Trinajstić information content (AvgIpc) is 2.86. The van der Waals surface area contributed by atoms with E-state index in [0.717, 1.165) is 0 Å². The van der Waals surface area contributed by atoms with Gasteiger partial charge in [0.2, 0.25) is 0 Å². The fourth-order valence-electron chi connectivity index (χ4n) is 7.23. The van der Waals surface area contributed by atoms with Gasteiger partial charge in [0.05, 0.1) is 6.10 Å². The van der Waals surface area contributed by atoms with Gasteiger partial charge in [-0.05, 0) is 43.3 Å². The van der Waals surface area contributed by atoms with Crippen LogP contribution in [0.2, 0.25) is 0 Å². The maximum absolute atomic E-state index is 16.9. The van der Waals surface area contributed by atoms with E-state index < -0.39 is 64.2 Å². The molecular formula is C22H28F2O5. The lowest BCUT2D eigenvalue weighted by Gasteiger charge is -2.62. The number of carbonyl (C=O) groups is 2. The topological polar surface area (TPSA) is 94.8 Å². The Morgan fingerprint density at radius 1 is 1.31 bits per heavy atom. The predicted octanol–water partition coefficient (Wildman–Crippen LogP) is 2.19. The van der Waals surface area contributed by atoms with Crippen LogP contribution in [0.5, 0.6) is 0 Å². The second-order valence-electron chi connectivity index (χ2n) is 9.87. The van der Waals surface area contributed by atoms with Crippen LogP contribution in [0.25, 0.3) is 0 Å². The number of Topliss-reactive ketones (excluding diaryl/α,β-unsaturated/α-hetero) is 1. The average molecular weight is 410 g/mol. The van der Waals surface area contributed by atoms with Crippen LogP contribution >= 0.6 is 0 Å². The van der Waals surface area contributed by atoms with Crippen LogP contribution in [0.1, 0.15) is 46.5 Å². The van der Waals surface area contributed by atoms with Crippen molar-refractivity contribution in [2.24, 2.45) is 28.6 Å². The standard InChI is InChI=1S/C22H28F2O5/c1-11-6-13-14-8-16(23)15-7-12(26)4-5-19(15,2)21(14,24)17(27)9-20(13,3)22(11,29)18(28)10-25/h4-5,11,13-14,17,25,27,29H,6-10H2,1-3H3/t11-,13?,14?,17+,19+,20+,21+,22+/m1/s1. The zero-order valence-corrected chi connectivity index (χ0v) is 16.9. The van der Waals surface area contributed by atoms with Gasteiger partial charge < -0.3 is 15.3 Å². The van der Waals surface area contributed by atoms with Gasteiger partial charge in [-0.25, -0.2) is 8.78 Å². The first-order valence-electron chi connectivity index (χ1n) is 10.2. The van der Waals surface area contributed by atoms with Crippen LogP contribution in [0.15, 0.2) is 23.6 Å². The number of hydrogen-bond acceptors (Lipinski definition) is 5. The molecule has 0 saturated heterocycles. The Labute approximate surface area is 168 Å². The minimum atomic E-state index is -2.23. The van der Waals surface area contributed by atoms with E-state index in [1.165, 1.54) is 19.1 Å². The number of aliphatic hydroxyl groups is 3. The fraction of sp³-hybridized carbons (Fsp3) is 0.727. The van der Waals surface area contributed by atoms with Gasteiger partial charge in [0, 0.05) is 29.6 Å². The molecule has 0 aromatic rings. The van der Waals surface area contributed by atoms with Crippen molar-refractivity contribution in [2.75, 3.05) is 6.61 Å². The predicted molar refractivity (Wildman–Crippen MR) is 100.0 cm³/mol. The summed E-state index contributed by atoms with van der Waals surface area (Å²) >= 11 is 0. The number of ketones is 2. The van der Waals surface area contributed by atoms with Crippen molar-refractivity contribution in [3.8, 4) is 0 Å². The Morgan fingerprint density at radius 2 is 1.97 bits per heavy atom. The molecule has 7 heteroatoms. The lowest BCUT2D eigenvalue weighted by Crippen LogP contribution is -2.69. The summed E-state index contributed by atoms with van der Waals surface area (Å²) in [6, 6.07) is 0. The van der Waals surface area contributed by atoms with Crippen LogP contribution in [-0.4, -0.2) is 50.9 Å². The zero-order chi connectivity index (χ0) is 21.6. The minimum Gasteiger partial charge on any atom is -0.390 e. The van der Waals surface area contributed by atoms with E-state index in [1.807, 2.05) is 0 Å². The summed E-state index contributed by atoms with van der Waals surface area (Å²) in [4.78, 5) is 24.4. The molecule has 3 N–H and O–H groups in total. The molecule has 2 fully saturated rings. The maximum atomic E-state index is 16.9. The monoisotopic (exact) mass is 410 g/mol. The molecule has 8 atom stereocenters. The van der Waals surface area contributed by atoms with E-state index in [9.17, 15) is 24.9 Å². The van der Waals surface area contributed by atoms with Crippen molar-refractivity contribution >= 4 is 11.6 Å². The number of hydrogen-bond donors (Lipinski definition) is 3. The highest BCUT2D eigenvalue weighted by atomic mass is 19.1. The van der Waals surface area contributed by atoms with Crippen LogP contribution in [0, 0.1) is 28.6 Å². The van der Waals surface area contributed by atoms with Crippen molar-refractivity contribution in [1.82, 2.24) is 0 Å². The number of fused-ring (bicyclic) bond motifs is 5. The first-order valence-corrected chi connectivity index (χ1v) is 10.2. The van der Waals surface area contributed by atoms with Gasteiger partial charge in [0.1, 0.15) is 18.0 Å². The van der Waals surface area contributed by atoms with Crippen molar-refractivity contribution in [2.45, 2.75) is 63.8 Å². The van der Waals surface area contributed by atoms with Crippen molar-refractivity contribution in [1.29, 1.82) is 0 Å². The molecule has 0 aromatic heterocycles. The molecule has 2 saturated carbocycles. The largest absolute Gasteiger partial charge is 0.390 e. The van der Waals surface area contributed by atoms with Gasteiger partial charge in [-0.1, -0.05) is 19.9 Å². The van der Waals surface area contributed by atoms with E-state index >= 15 is 8.78 Å². The summed E-state index contributed by atoms with van der Waals surface area (Å²) in [6.45, 7) is 3.97.